The first-order valence-electron chi connectivity index (χ1n) is 6.67. The zero-order chi connectivity index (χ0) is 14.7. The summed E-state index contributed by atoms with van der Waals surface area (Å²) in [6.45, 7) is 0.857. The number of rotatable bonds is 5. The first kappa shape index (κ1) is 14.4. The summed E-state index contributed by atoms with van der Waals surface area (Å²) in [5.41, 5.74) is 0. The number of aromatic nitrogens is 1. The maximum atomic E-state index is 5.29. The number of benzene rings is 1. The Morgan fingerprint density at radius 1 is 1.24 bits per heavy atom. The van der Waals surface area contributed by atoms with Crippen LogP contribution in [0.1, 0.15) is 4.88 Å². The van der Waals surface area contributed by atoms with Gasteiger partial charge in [-0.05, 0) is 58.1 Å². The van der Waals surface area contributed by atoms with Crippen LogP contribution in [0, 0.1) is 0 Å². The van der Waals surface area contributed by atoms with E-state index < -0.39 is 0 Å². The highest BCUT2D eigenvalue weighted by molar-refractivity contribution is 9.11. The van der Waals surface area contributed by atoms with Gasteiger partial charge in [-0.25, -0.2) is 4.98 Å². The van der Waals surface area contributed by atoms with Gasteiger partial charge in [-0.2, -0.15) is 0 Å². The Bertz CT molecular complexity index is 757. The molecule has 0 aliphatic rings. The molecule has 0 atom stereocenters. The van der Waals surface area contributed by atoms with E-state index in [2.05, 4.69) is 44.4 Å². The molecule has 0 saturated carbocycles. The summed E-state index contributed by atoms with van der Waals surface area (Å²) < 4.78 is 6.47. The third kappa shape index (κ3) is 3.36. The number of halogens is 1. The number of nitrogens with zero attached hydrogens (tertiary/aromatic N) is 1. The van der Waals surface area contributed by atoms with Crippen LogP contribution in [0.5, 0.6) is 5.75 Å². The minimum Gasteiger partial charge on any atom is -0.497 e. The average molecular weight is 363 g/mol. The maximum absolute atomic E-state index is 5.29. The molecule has 0 amide bonds. The summed E-state index contributed by atoms with van der Waals surface area (Å²) in [5.74, 6) is 1.75. The van der Waals surface area contributed by atoms with Gasteiger partial charge in [0.15, 0.2) is 0 Å². The molecule has 0 bridgehead atoms. The van der Waals surface area contributed by atoms with Gasteiger partial charge in [0.2, 0.25) is 0 Å². The highest BCUT2D eigenvalue weighted by atomic mass is 79.9. The van der Waals surface area contributed by atoms with Gasteiger partial charge in [-0.15, -0.1) is 11.3 Å². The van der Waals surface area contributed by atoms with Gasteiger partial charge in [0.1, 0.15) is 11.6 Å². The van der Waals surface area contributed by atoms with Gasteiger partial charge < -0.3 is 10.1 Å². The van der Waals surface area contributed by atoms with Crippen molar-refractivity contribution in [1.29, 1.82) is 0 Å². The van der Waals surface area contributed by atoms with E-state index >= 15 is 0 Å². The maximum Gasteiger partial charge on any atom is 0.133 e. The third-order valence-corrected chi connectivity index (χ3v) is 4.95. The molecule has 108 valence electrons. The van der Waals surface area contributed by atoms with E-state index in [0.717, 1.165) is 35.3 Å². The van der Waals surface area contributed by atoms with Crippen LogP contribution in [0.25, 0.3) is 10.8 Å². The van der Waals surface area contributed by atoms with E-state index in [0.29, 0.717) is 0 Å². The van der Waals surface area contributed by atoms with Gasteiger partial charge in [0, 0.05) is 23.0 Å². The van der Waals surface area contributed by atoms with Gasteiger partial charge in [-0.3, -0.25) is 0 Å². The van der Waals surface area contributed by atoms with Crippen LogP contribution >= 0.6 is 27.3 Å². The van der Waals surface area contributed by atoms with E-state index in [1.165, 1.54) is 8.66 Å². The summed E-state index contributed by atoms with van der Waals surface area (Å²) in [6.07, 6.45) is 2.82. The Balaban J connectivity index is 1.76. The molecule has 0 unspecified atom stereocenters. The number of nitrogens with one attached hydrogen (secondary N) is 1. The minimum atomic E-state index is 0.848. The largest absolute Gasteiger partial charge is 0.497 e. The number of hydrogen-bond acceptors (Lipinski definition) is 4. The summed E-state index contributed by atoms with van der Waals surface area (Å²) >= 11 is 5.26. The zero-order valence-electron chi connectivity index (χ0n) is 11.6. The number of thiophene rings is 1. The SMILES string of the molecule is COc1ccc2ccnc(NCCc3ccc(Br)s3)c2c1. The van der Waals surface area contributed by atoms with Crippen molar-refractivity contribution in [1.82, 2.24) is 4.98 Å². The predicted molar refractivity (Wildman–Crippen MR) is 92.5 cm³/mol. The van der Waals surface area contributed by atoms with E-state index in [-0.39, 0.29) is 0 Å². The summed E-state index contributed by atoms with van der Waals surface area (Å²) in [4.78, 5) is 5.80. The highest BCUT2D eigenvalue weighted by Gasteiger charge is 2.04. The smallest absolute Gasteiger partial charge is 0.133 e. The Morgan fingerprint density at radius 2 is 2.14 bits per heavy atom. The fourth-order valence-electron chi connectivity index (χ4n) is 2.21. The van der Waals surface area contributed by atoms with Crippen molar-refractivity contribution in [2.45, 2.75) is 6.42 Å². The van der Waals surface area contributed by atoms with Gasteiger partial charge in [-0.1, -0.05) is 6.07 Å². The molecule has 3 nitrogen and oxygen atoms in total. The van der Waals surface area contributed by atoms with Crippen LogP contribution in [0.4, 0.5) is 5.82 Å². The van der Waals surface area contributed by atoms with Crippen molar-refractivity contribution < 1.29 is 4.74 Å². The predicted octanol–water partition coefficient (Wildman–Crippen LogP) is 4.72. The second-order valence-electron chi connectivity index (χ2n) is 4.63. The molecule has 0 saturated heterocycles. The van der Waals surface area contributed by atoms with Crippen molar-refractivity contribution in [3.05, 3.63) is 51.3 Å². The van der Waals surface area contributed by atoms with Crippen LogP contribution in [0.15, 0.2) is 46.4 Å². The second kappa shape index (κ2) is 6.45. The Hall–Kier alpha value is -1.59. The quantitative estimate of drug-likeness (QED) is 0.712. The van der Waals surface area contributed by atoms with Crippen molar-refractivity contribution in [3.63, 3.8) is 0 Å². The van der Waals surface area contributed by atoms with Crippen molar-refractivity contribution in [3.8, 4) is 5.75 Å². The van der Waals surface area contributed by atoms with E-state index in [1.54, 1.807) is 18.4 Å². The minimum absolute atomic E-state index is 0.848. The normalized spacial score (nSPS) is 10.8. The lowest BCUT2D eigenvalue weighted by Gasteiger charge is -2.09. The highest BCUT2D eigenvalue weighted by Crippen LogP contribution is 2.26. The molecule has 3 aromatic rings. The second-order valence-corrected chi connectivity index (χ2v) is 7.18. The van der Waals surface area contributed by atoms with Gasteiger partial charge in [0.05, 0.1) is 10.9 Å². The molecule has 2 heterocycles. The van der Waals surface area contributed by atoms with Gasteiger partial charge in [0.25, 0.3) is 0 Å². The molecular formula is C16H15BrN2OS. The first-order valence-corrected chi connectivity index (χ1v) is 8.28. The topological polar surface area (TPSA) is 34.1 Å². The monoisotopic (exact) mass is 362 g/mol. The van der Waals surface area contributed by atoms with E-state index in [4.69, 9.17) is 4.74 Å². The summed E-state index contributed by atoms with van der Waals surface area (Å²) in [6, 6.07) is 12.3. The van der Waals surface area contributed by atoms with E-state index in [1.807, 2.05) is 24.4 Å². The molecule has 3 rings (SSSR count). The van der Waals surface area contributed by atoms with Crippen molar-refractivity contribution in [2.24, 2.45) is 0 Å². The Labute approximate surface area is 136 Å². The van der Waals surface area contributed by atoms with Crippen molar-refractivity contribution in [2.75, 3.05) is 19.0 Å². The summed E-state index contributed by atoms with van der Waals surface area (Å²) in [7, 11) is 1.68. The molecule has 0 spiro atoms. The molecule has 0 fully saturated rings. The number of hydrogen-bond donors (Lipinski definition) is 1. The van der Waals surface area contributed by atoms with Crippen LogP contribution < -0.4 is 10.1 Å². The van der Waals surface area contributed by atoms with Crippen LogP contribution in [-0.4, -0.2) is 18.6 Å². The lowest BCUT2D eigenvalue weighted by molar-refractivity contribution is 0.415. The lowest BCUT2D eigenvalue weighted by Crippen LogP contribution is -2.05. The number of anilines is 1. The van der Waals surface area contributed by atoms with Gasteiger partial charge >= 0.3 is 0 Å². The zero-order valence-corrected chi connectivity index (χ0v) is 14.0. The van der Waals surface area contributed by atoms with Crippen molar-refractivity contribution >= 4 is 43.9 Å². The van der Waals surface area contributed by atoms with E-state index in [9.17, 15) is 0 Å². The molecule has 5 heteroatoms. The number of fused-ring (bicyclic) bond motifs is 1. The number of pyridine rings is 1. The molecule has 1 N–H and O–H groups in total. The number of ether oxygens (including phenoxy) is 1. The first-order chi connectivity index (χ1) is 10.3. The molecule has 2 aromatic heterocycles. The molecule has 1 aromatic carbocycles. The van der Waals surface area contributed by atoms with Crippen LogP contribution in [0.2, 0.25) is 0 Å². The standard InChI is InChI=1S/C16H15BrN2OS/c1-20-12-3-2-11-6-8-18-16(14(11)10-12)19-9-7-13-4-5-15(17)21-13/h2-6,8,10H,7,9H2,1H3,(H,18,19). The fraction of sp³-hybridized carbons (Fsp3) is 0.188. The Morgan fingerprint density at radius 3 is 2.90 bits per heavy atom. The number of methoxy groups -OCH3 is 1. The molecule has 21 heavy (non-hydrogen) atoms. The fourth-order valence-corrected chi connectivity index (χ4v) is 3.69. The van der Waals surface area contributed by atoms with Crippen LogP contribution in [0.3, 0.4) is 0 Å². The third-order valence-electron chi connectivity index (χ3n) is 3.27. The lowest BCUT2D eigenvalue weighted by atomic mass is 10.1. The molecule has 0 aliphatic heterocycles. The Kier molecular flexibility index (Phi) is 4.41. The summed E-state index contributed by atoms with van der Waals surface area (Å²) in [5, 5.41) is 5.67. The molecular weight excluding hydrogens is 348 g/mol. The molecule has 0 radical (unpaired) electrons. The van der Waals surface area contributed by atoms with Crippen LogP contribution in [-0.2, 0) is 6.42 Å². The molecule has 0 aliphatic carbocycles. The average Bonchev–Trinajstić information content (AvgIpc) is 2.92.